The molecule has 0 fully saturated rings. The van der Waals surface area contributed by atoms with E-state index in [1.807, 2.05) is 6.07 Å². The topological polar surface area (TPSA) is 38.8 Å². The molecule has 0 aliphatic carbocycles. The van der Waals surface area contributed by atoms with E-state index in [9.17, 15) is 4.79 Å². The largest absolute Gasteiger partial charge is 0.464 e. The minimum absolute atomic E-state index is 0.206. The maximum Gasteiger partial charge on any atom is 0.308 e. The van der Waals surface area contributed by atoms with Crippen LogP contribution in [0.25, 0.3) is 0 Å². The number of ether oxygens (including phenoxy) is 2. The van der Waals surface area contributed by atoms with Gasteiger partial charge in [0.25, 0.3) is 0 Å². The van der Waals surface area contributed by atoms with Crippen LogP contribution in [-0.2, 0) is 14.3 Å². The number of hydrogen-bond donors (Lipinski definition) is 0. The minimum Gasteiger partial charge on any atom is -0.464 e. The normalized spacial score (nSPS) is 10.3. The molecule has 4 heteroatoms. The quantitative estimate of drug-likeness (QED) is 0.677. The summed E-state index contributed by atoms with van der Waals surface area (Å²) < 4.78 is 10.00. The van der Waals surface area contributed by atoms with Crippen LogP contribution in [0, 0.1) is 6.92 Å². The van der Waals surface area contributed by atoms with Crippen molar-refractivity contribution in [1.82, 2.24) is 0 Å². The second-order valence-corrected chi connectivity index (χ2v) is 4.38. The Morgan fingerprint density at radius 1 is 1.32 bits per heavy atom. The van der Waals surface area contributed by atoms with E-state index in [4.69, 9.17) is 9.47 Å². The van der Waals surface area contributed by atoms with Gasteiger partial charge in [-0.2, -0.15) is 0 Å². The molecule has 0 spiro atoms. The van der Waals surface area contributed by atoms with Gasteiger partial charge in [-0.25, -0.2) is 0 Å². The first kappa shape index (κ1) is 15.5. The number of carbonyl (C=O) groups excluding carboxylic acids is 1. The lowest BCUT2D eigenvalue weighted by atomic mass is 10.2. The van der Waals surface area contributed by atoms with Crippen LogP contribution >= 0.6 is 0 Å². The van der Waals surface area contributed by atoms with E-state index < -0.39 is 0 Å². The first-order chi connectivity index (χ1) is 9.17. The fourth-order valence-corrected chi connectivity index (χ4v) is 1.82. The van der Waals surface area contributed by atoms with Crippen molar-refractivity contribution < 1.29 is 14.3 Å². The highest BCUT2D eigenvalue weighted by Crippen LogP contribution is 2.15. The van der Waals surface area contributed by atoms with Crippen molar-refractivity contribution >= 4 is 11.7 Å². The van der Waals surface area contributed by atoms with Gasteiger partial charge in [-0.1, -0.05) is 12.1 Å². The predicted octanol–water partition coefficient (Wildman–Crippen LogP) is 2.40. The Bertz CT molecular complexity index is 393. The third-order valence-corrected chi connectivity index (χ3v) is 2.88. The number of aryl methyl sites for hydroxylation is 1. The van der Waals surface area contributed by atoms with Crippen LogP contribution in [0.1, 0.15) is 18.9 Å². The number of esters is 1. The highest BCUT2D eigenvalue weighted by Gasteiger charge is 2.06. The molecule has 1 rings (SSSR count). The fraction of sp³-hybridized carbons (Fsp3) is 0.533. The van der Waals surface area contributed by atoms with Crippen molar-refractivity contribution in [1.29, 1.82) is 0 Å². The van der Waals surface area contributed by atoms with E-state index >= 15 is 0 Å². The molecule has 0 atom stereocenters. The molecular weight excluding hydrogens is 242 g/mol. The predicted molar refractivity (Wildman–Crippen MR) is 76.5 cm³/mol. The van der Waals surface area contributed by atoms with Crippen molar-refractivity contribution in [3.63, 3.8) is 0 Å². The molecule has 0 aromatic heterocycles. The number of anilines is 1. The van der Waals surface area contributed by atoms with Crippen LogP contribution in [-0.4, -0.2) is 39.4 Å². The Morgan fingerprint density at radius 3 is 2.74 bits per heavy atom. The zero-order valence-corrected chi connectivity index (χ0v) is 12.0. The number of likely N-dealkylation sites (N-methyl/N-ethyl adjacent to an activating group) is 1. The van der Waals surface area contributed by atoms with Crippen molar-refractivity contribution in [3.05, 3.63) is 29.8 Å². The van der Waals surface area contributed by atoms with Crippen molar-refractivity contribution in [2.24, 2.45) is 0 Å². The van der Waals surface area contributed by atoms with Crippen LogP contribution in [0.4, 0.5) is 5.69 Å². The molecule has 0 unspecified atom stereocenters. The van der Waals surface area contributed by atoms with E-state index in [0.717, 1.165) is 12.2 Å². The van der Waals surface area contributed by atoms with Gasteiger partial charge in [0, 0.05) is 19.3 Å². The van der Waals surface area contributed by atoms with Gasteiger partial charge in [0.05, 0.1) is 19.6 Å². The maximum absolute atomic E-state index is 11.3. The van der Waals surface area contributed by atoms with E-state index in [1.54, 1.807) is 7.11 Å². The van der Waals surface area contributed by atoms with Crippen LogP contribution in [0.5, 0.6) is 0 Å². The average molecular weight is 265 g/mol. The summed E-state index contributed by atoms with van der Waals surface area (Å²) in [7, 11) is 1.57. The average Bonchev–Trinajstić information content (AvgIpc) is 2.41. The third kappa shape index (κ3) is 5.75. The number of carbonyl (C=O) groups is 1. The van der Waals surface area contributed by atoms with Gasteiger partial charge in [0.1, 0.15) is 6.61 Å². The summed E-state index contributed by atoms with van der Waals surface area (Å²) in [6, 6.07) is 8.32. The Kier molecular flexibility index (Phi) is 6.97. The first-order valence-corrected chi connectivity index (χ1v) is 6.63. The van der Waals surface area contributed by atoms with Crippen molar-refractivity contribution in [3.8, 4) is 0 Å². The van der Waals surface area contributed by atoms with Gasteiger partial charge in [-0.3, -0.25) is 4.79 Å². The fourth-order valence-electron chi connectivity index (χ4n) is 1.82. The Hall–Kier alpha value is -1.55. The van der Waals surface area contributed by atoms with Crippen molar-refractivity contribution in [2.45, 2.75) is 20.3 Å². The molecule has 0 radical (unpaired) electrons. The molecule has 1 aromatic carbocycles. The first-order valence-electron chi connectivity index (χ1n) is 6.63. The Balaban J connectivity index is 2.39. The molecule has 19 heavy (non-hydrogen) atoms. The second kappa shape index (κ2) is 8.53. The monoisotopic (exact) mass is 265 g/mol. The highest BCUT2D eigenvalue weighted by molar-refractivity contribution is 5.69. The summed E-state index contributed by atoms with van der Waals surface area (Å²) in [5, 5.41) is 0. The number of benzene rings is 1. The van der Waals surface area contributed by atoms with Crippen LogP contribution in [0.2, 0.25) is 0 Å². The van der Waals surface area contributed by atoms with E-state index in [-0.39, 0.29) is 5.97 Å². The highest BCUT2D eigenvalue weighted by atomic mass is 16.5. The molecule has 0 heterocycles. The van der Waals surface area contributed by atoms with Gasteiger partial charge < -0.3 is 14.4 Å². The summed E-state index contributed by atoms with van der Waals surface area (Å²) in [6.07, 6.45) is 0.313. The van der Waals surface area contributed by atoms with Gasteiger partial charge in [-0.15, -0.1) is 0 Å². The zero-order chi connectivity index (χ0) is 14.1. The van der Waals surface area contributed by atoms with Gasteiger partial charge >= 0.3 is 5.97 Å². The van der Waals surface area contributed by atoms with Crippen molar-refractivity contribution in [2.75, 3.05) is 38.3 Å². The molecule has 0 aliphatic rings. The van der Waals surface area contributed by atoms with Crippen LogP contribution < -0.4 is 4.90 Å². The van der Waals surface area contributed by atoms with Crippen LogP contribution in [0.15, 0.2) is 24.3 Å². The number of rotatable bonds is 8. The van der Waals surface area contributed by atoms with E-state index in [2.05, 4.69) is 36.9 Å². The van der Waals surface area contributed by atoms with Gasteiger partial charge in [0.15, 0.2) is 0 Å². The zero-order valence-electron chi connectivity index (χ0n) is 12.0. The molecule has 106 valence electrons. The Labute approximate surface area is 115 Å². The smallest absolute Gasteiger partial charge is 0.308 e. The van der Waals surface area contributed by atoms with E-state index in [0.29, 0.717) is 26.2 Å². The summed E-state index contributed by atoms with van der Waals surface area (Å²) in [5.74, 6) is -0.206. The number of nitrogens with zero attached hydrogens (tertiary/aromatic N) is 1. The SMILES string of the molecule is CCN(CCOC(=O)CCOC)c1cccc(C)c1. The molecule has 0 amide bonds. The lowest BCUT2D eigenvalue weighted by Gasteiger charge is -2.23. The molecule has 0 bridgehead atoms. The number of hydrogen-bond acceptors (Lipinski definition) is 4. The summed E-state index contributed by atoms with van der Waals surface area (Å²) in [4.78, 5) is 13.5. The minimum atomic E-state index is -0.206. The summed E-state index contributed by atoms with van der Waals surface area (Å²) in [6.45, 7) is 6.58. The summed E-state index contributed by atoms with van der Waals surface area (Å²) >= 11 is 0. The molecule has 0 N–H and O–H groups in total. The molecule has 4 nitrogen and oxygen atoms in total. The lowest BCUT2D eigenvalue weighted by Crippen LogP contribution is -2.28. The van der Waals surface area contributed by atoms with E-state index in [1.165, 1.54) is 5.56 Å². The number of methoxy groups -OCH3 is 1. The molecule has 0 saturated carbocycles. The van der Waals surface area contributed by atoms with Gasteiger partial charge in [-0.05, 0) is 31.5 Å². The summed E-state index contributed by atoms with van der Waals surface area (Å²) in [5.41, 5.74) is 2.39. The lowest BCUT2D eigenvalue weighted by molar-refractivity contribution is -0.144. The third-order valence-electron chi connectivity index (χ3n) is 2.88. The standard InChI is InChI=1S/C15H23NO3/c1-4-16(14-7-5-6-13(2)12-14)9-11-19-15(17)8-10-18-3/h5-7,12H,4,8-11H2,1-3H3. The molecule has 0 saturated heterocycles. The maximum atomic E-state index is 11.3. The molecule has 1 aromatic rings. The molecular formula is C15H23NO3. The van der Waals surface area contributed by atoms with Gasteiger partial charge in [0.2, 0.25) is 0 Å². The molecule has 0 aliphatic heterocycles. The second-order valence-electron chi connectivity index (χ2n) is 4.38. The Morgan fingerprint density at radius 2 is 2.11 bits per heavy atom. The van der Waals surface area contributed by atoms with Crippen LogP contribution in [0.3, 0.4) is 0 Å².